The average Bonchev–Trinajstić information content (AvgIpc) is 2.62. The molecule has 0 radical (unpaired) electrons. The van der Waals surface area contributed by atoms with Crippen LogP contribution in [0.3, 0.4) is 0 Å². The molecule has 18 heavy (non-hydrogen) atoms. The Kier molecular flexibility index (Phi) is 3.35. The van der Waals surface area contributed by atoms with Gasteiger partial charge in [0.25, 0.3) is 10.0 Å². The summed E-state index contributed by atoms with van der Waals surface area (Å²) in [5.74, 6) is -0.660. The molecule has 0 bridgehead atoms. The van der Waals surface area contributed by atoms with Gasteiger partial charge in [0.15, 0.2) is 4.60 Å². The molecule has 0 unspecified atom stereocenters. The smallest absolute Gasteiger partial charge is 0.275 e. The van der Waals surface area contributed by atoms with Gasteiger partial charge in [-0.25, -0.2) is 9.07 Å². The summed E-state index contributed by atoms with van der Waals surface area (Å²) in [5, 5.41) is 6.94. The molecule has 9 heteroatoms. The highest BCUT2D eigenvalue weighted by molar-refractivity contribution is 9.10. The fourth-order valence-corrected chi connectivity index (χ4v) is 3.51. The van der Waals surface area contributed by atoms with Crippen LogP contribution in [0.25, 0.3) is 0 Å². The van der Waals surface area contributed by atoms with Crippen molar-refractivity contribution >= 4 is 31.6 Å². The standard InChI is InChI=1S/C9H8BrFN4O2S/c1-15-9(8(10)12-14-15)18(16,17)13-7-5-3-2-4-6(7)11/h2-5,13H,1H3. The second kappa shape index (κ2) is 4.65. The van der Waals surface area contributed by atoms with E-state index in [0.29, 0.717) is 0 Å². The zero-order chi connectivity index (χ0) is 13.3. The van der Waals surface area contributed by atoms with E-state index in [1.807, 2.05) is 0 Å². The molecule has 0 saturated carbocycles. The quantitative estimate of drug-likeness (QED) is 0.923. The minimum absolute atomic E-state index is 0.0637. The average molecular weight is 335 g/mol. The number of halogens is 2. The fourth-order valence-electron chi connectivity index (χ4n) is 1.35. The van der Waals surface area contributed by atoms with Crippen LogP contribution in [-0.4, -0.2) is 23.4 Å². The van der Waals surface area contributed by atoms with Crippen molar-refractivity contribution in [2.45, 2.75) is 5.03 Å². The minimum Gasteiger partial charge on any atom is -0.275 e. The molecule has 0 aliphatic heterocycles. The van der Waals surface area contributed by atoms with E-state index >= 15 is 0 Å². The highest BCUT2D eigenvalue weighted by Crippen LogP contribution is 2.22. The van der Waals surface area contributed by atoms with E-state index in [1.54, 1.807) is 0 Å². The molecule has 0 aliphatic carbocycles. The van der Waals surface area contributed by atoms with Gasteiger partial charge in [0.1, 0.15) is 5.82 Å². The zero-order valence-corrected chi connectivity index (χ0v) is 11.5. The molecule has 1 aromatic carbocycles. The van der Waals surface area contributed by atoms with Crippen molar-refractivity contribution in [3.05, 3.63) is 34.7 Å². The highest BCUT2D eigenvalue weighted by atomic mass is 79.9. The molecule has 0 amide bonds. The molecule has 1 N–H and O–H groups in total. The van der Waals surface area contributed by atoms with Crippen LogP contribution in [0.5, 0.6) is 0 Å². The maximum absolute atomic E-state index is 13.4. The Labute approximate surface area is 111 Å². The third-order valence-electron chi connectivity index (χ3n) is 2.11. The van der Waals surface area contributed by atoms with Crippen molar-refractivity contribution in [3.8, 4) is 0 Å². The third kappa shape index (κ3) is 2.36. The van der Waals surface area contributed by atoms with E-state index in [9.17, 15) is 12.8 Å². The van der Waals surface area contributed by atoms with Gasteiger partial charge in [-0.2, -0.15) is 8.42 Å². The predicted molar refractivity (Wildman–Crippen MR) is 65.9 cm³/mol. The predicted octanol–water partition coefficient (Wildman–Crippen LogP) is 1.52. The Hall–Kier alpha value is -1.48. The van der Waals surface area contributed by atoms with Crippen molar-refractivity contribution < 1.29 is 12.8 Å². The Morgan fingerprint density at radius 2 is 2.06 bits per heavy atom. The van der Waals surface area contributed by atoms with Crippen LogP contribution in [0.2, 0.25) is 0 Å². The molecule has 0 aliphatic rings. The van der Waals surface area contributed by atoms with Gasteiger partial charge in [-0.15, -0.1) is 5.10 Å². The monoisotopic (exact) mass is 334 g/mol. The highest BCUT2D eigenvalue weighted by Gasteiger charge is 2.24. The molecule has 2 rings (SSSR count). The number of benzene rings is 1. The second-order valence-electron chi connectivity index (χ2n) is 3.39. The van der Waals surface area contributed by atoms with Crippen LogP contribution < -0.4 is 4.72 Å². The van der Waals surface area contributed by atoms with E-state index in [-0.39, 0.29) is 15.3 Å². The first-order valence-corrected chi connectivity index (χ1v) is 7.02. The van der Waals surface area contributed by atoms with Gasteiger partial charge in [-0.05, 0) is 28.1 Å². The lowest BCUT2D eigenvalue weighted by Gasteiger charge is -2.08. The van der Waals surface area contributed by atoms with Crippen molar-refractivity contribution in [1.29, 1.82) is 0 Å². The van der Waals surface area contributed by atoms with E-state index in [1.165, 1.54) is 25.2 Å². The van der Waals surface area contributed by atoms with Crippen molar-refractivity contribution in [1.82, 2.24) is 15.0 Å². The van der Waals surface area contributed by atoms with Crippen LogP contribution in [0.4, 0.5) is 10.1 Å². The van der Waals surface area contributed by atoms with Gasteiger partial charge in [0.2, 0.25) is 5.03 Å². The molecule has 0 spiro atoms. The Morgan fingerprint density at radius 1 is 1.39 bits per heavy atom. The maximum atomic E-state index is 13.4. The second-order valence-corrected chi connectivity index (χ2v) is 5.74. The molecule has 2 aromatic rings. The summed E-state index contributed by atoms with van der Waals surface area (Å²) in [7, 11) is -2.53. The number of sulfonamides is 1. The number of hydrogen-bond donors (Lipinski definition) is 1. The summed E-state index contributed by atoms with van der Waals surface area (Å²) in [6.07, 6.45) is 0. The van der Waals surface area contributed by atoms with Crippen LogP contribution in [-0.2, 0) is 17.1 Å². The van der Waals surface area contributed by atoms with E-state index in [4.69, 9.17) is 0 Å². The molecule has 1 aromatic heterocycles. The number of nitrogens with zero attached hydrogens (tertiary/aromatic N) is 3. The summed E-state index contributed by atoms with van der Waals surface area (Å²) >= 11 is 2.98. The van der Waals surface area contributed by atoms with Crippen molar-refractivity contribution in [3.63, 3.8) is 0 Å². The summed E-state index contributed by atoms with van der Waals surface area (Å²) in [6.45, 7) is 0. The molecule has 6 nitrogen and oxygen atoms in total. The Morgan fingerprint density at radius 3 is 2.61 bits per heavy atom. The van der Waals surface area contributed by atoms with Gasteiger partial charge < -0.3 is 0 Å². The van der Waals surface area contributed by atoms with Gasteiger partial charge in [-0.3, -0.25) is 4.72 Å². The fraction of sp³-hybridized carbons (Fsp3) is 0.111. The lowest BCUT2D eigenvalue weighted by atomic mass is 10.3. The largest absolute Gasteiger partial charge is 0.282 e. The molecule has 1 heterocycles. The summed E-state index contributed by atoms with van der Waals surface area (Å²) in [4.78, 5) is 0. The van der Waals surface area contributed by atoms with Crippen LogP contribution in [0.1, 0.15) is 0 Å². The van der Waals surface area contributed by atoms with Gasteiger partial charge in [0, 0.05) is 7.05 Å². The number of para-hydroxylation sites is 1. The topological polar surface area (TPSA) is 76.9 Å². The lowest BCUT2D eigenvalue weighted by molar-refractivity contribution is 0.577. The number of nitrogens with one attached hydrogen (secondary N) is 1. The van der Waals surface area contributed by atoms with Crippen LogP contribution >= 0.6 is 15.9 Å². The number of rotatable bonds is 3. The summed E-state index contributed by atoms with van der Waals surface area (Å²) in [5.41, 5.74) is -0.134. The first kappa shape index (κ1) is 13.0. The molecule has 0 atom stereocenters. The van der Waals surface area contributed by atoms with Crippen LogP contribution in [0.15, 0.2) is 33.9 Å². The third-order valence-corrected chi connectivity index (χ3v) is 4.36. The van der Waals surface area contributed by atoms with Gasteiger partial charge in [-0.1, -0.05) is 17.3 Å². The van der Waals surface area contributed by atoms with Gasteiger partial charge in [0.05, 0.1) is 5.69 Å². The van der Waals surface area contributed by atoms with Crippen molar-refractivity contribution in [2.75, 3.05) is 4.72 Å². The molecule has 96 valence electrons. The lowest BCUT2D eigenvalue weighted by Crippen LogP contribution is -2.17. The number of anilines is 1. The molecule has 0 saturated heterocycles. The van der Waals surface area contributed by atoms with E-state index in [0.717, 1.165) is 10.7 Å². The molecular weight excluding hydrogens is 327 g/mol. The van der Waals surface area contributed by atoms with Crippen molar-refractivity contribution in [2.24, 2.45) is 7.05 Å². The summed E-state index contributed by atoms with van der Waals surface area (Å²) < 4.78 is 40.8. The van der Waals surface area contributed by atoms with Gasteiger partial charge >= 0.3 is 0 Å². The van der Waals surface area contributed by atoms with E-state index < -0.39 is 15.8 Å². The van der Waals surface area contributed by atoms with E-state index in [2.05, 4.69) is 31.0 Å². The molecular formula is C9H8BrFN4O2S. The normalized spacial score (nSPS) is 11.5. The zero-order valence-electron chi connectivity index (χ0n) is 9.13. The Balaban J connectivity index is 2.43. The number of aryl methyl sites for hydroxylation is 1. The number of hydrogen-bond acceptors (Lipinski definition) is 4. The molecule has 0 fully saturated rings. The Bertz CT molecular complexity index is 666. The summed E-state index contributed by atoms with van der Waals surface area (Å²) in [6, 6.07) is 5.48. The number of aromatic nitrogens is 3. The maximum Gasteiger partial charge on any atom is 0.282 e. The minimum atomic E-state index is -3.95. The first-order valence-electron chi connectivity index (χ1n) is 4.74. The van der Waals surface area contributed by atoms with Crippen LogP contribution in [0, 0.1) is 5.82 Å². The first-order chi connectivity index (χ1) is 8.42. The SMILES string of the molecule is Cn1nnc(Br)c1S(=O)(=O)Nc1ccccc1F.